The van der Waals surface area contributed by atoms with Gasteiger partial charge in [0, 0.05) is 6.92 Å². The lowest BCUT2D eigenvalue weighted by Gasteiger charge is -1.79. The molecular formula is C4H9NO2. The van der Waals surface area contributed by atoms with Crippen molar-refractivity contribution >= 4 is 5.97 Å². The Balaban J connectivity index is 0. The number of nitrogens with two attached hydrogens (primary N) is 1. The SMILES string of the molecule is C=C.CC(=O)ON. The normalized spacial score (nSPS) is 5.43. The van der Waals surface area contributed by atoms with Gasteiger partial charge < -0.3 is 4.84 Å². The van der Waals surface area contributed by atoms with E-state index in [4.69, 9.17) is 0 Å². The van der Waals surface area contributed by atoms with Gasteiger partial charge in [0.1, 0.15) is 0 Å². The van der Waals surface area contributed by atoms with Crippen LogP contribution in [0.1, 0.15) is 6.92 Å². The lowest BCUT2D eigenvalue weighted by atomic mass is 10.8. The molecule has 0 saturated heterocycles. The van der Waals surface area contributed by atoms with Gasteiger partial charge in [0.2, 0.25) is 0 Å². The van der Waals surface area contributed by atoms with Crippen LogP contribution in [0.4, 0.5) is 0 Å². The van der Waals surface area contributed by atoms with E-state index < -0.39 is 5.97 Å². The summed E-state index contributed by atoms with van der Waals surface area (Å²) in [6.45, 7) is 7.24. The van der Waals surface area contributed by atoms with Crippen molar-refractivity contribution in [2.45, 2.75) is 6.92 Å². The summed E-state index contributed by atoms with van der Waals surface area (Å²) in [5.41, 5.74) is 0. The molecule has 0 aromatic carbocycles. The highest BCUT2D eigenvalue weighted by atomic mass is 16.7. The maximum absolute atomic E-state index is 9.47. The zero-order chi connectivity index (χ0) is 6.28. The first-order valence-corrected chi connectivity index (χ1v) is 1.64. The second kappa shape index (κ2) is 8.95. The highest BCUT2D eigenvalue weighted by molar-refractivity contribution is 5.65. The fraction of sp³-hybridized carbons (Fsp3) is 0.250. The fourth-order valence-corrected chi connectivity index (χ4v) is 0. The Kier molecular flexibility index (Phi) is 12.1. The largest absolute Gasteiger partial charge is 0.374 e. The first kappa shape index (κ1) is 9.48. The number of carbonyl (C=O) groups excluding carboxylic acids is 1. The molecule has 3 nitrogen and oxygen atoms in total. The summed E-state index contributed by atoms with van der Waals surface area (Å²) < 4.78 is 0. The zero-order valence-electron chi connectivity index (χ0n) is 4.31. The average molecular weight is 103 g/mol. The molecule has 3 heteroatoms. The van der Waals surface area contributed by atoms with Gasteiger partial charge in [-0.25, -0.2) is 0 Å². The second-order valence-electron chi connectivity index (χ2n) is 0.609. The minimum Gasteiger partial charge on any atom is -0.374 e. The fourth-order valence-electron chi connectivity index (χ4n) is 0. The third kappa shape index (κ3) is 38.0. The predicted molar refractivity (Wildman–Crippen MR) is 27.2 cm³/mol. The van der Waals surface area contributed by atoms with E-state index >= 15 is 0 Å². The first-order valence-electron chi connectivity index (χ1n) is 1.64. The number of hydrogen-bond acceptors (Lipinski definition) is 3. The van der Waals surface area contributed by atoms with Crippen LogP contribution >= 0.6 is 0 Å². The Morgan fingerprint density at radius 1 is 1.71 bits per heavy atom. The lowest BCUT2D eigenvalue weighted by Crippen LogP contribution is -2.03. The minimum atomic E-state index is -0.468. The maximum atomic E-state index is 9.47. The summed E-state index contributed by atoms with van der Waals surface area (Å²) in [5, 5.41) is 0. The molecular weight excluding hydrogens is 94.0 g/mol. The third-order valence-corrected chi connectivity index (χ3v) is 0.166. The van der Waals surface area contributed by atoms with E-state index in [-0.39, 0.29) is 0 Å². The molecule has 0 heterocycles. The van der Waals surface area contributed by atoms with Crippen molar-refractivity contribution in [2.75, 3.05) is 0 Å². The second-order valence-corrected chi connectivity index (χ2v) is 0.609. The van der Waals surface area contributed by atoms with Crippen molar-refractivity contribution in [3.05, 3.63) is 13.2 Å². The number of rotatable bonds is 0. The van der Waals surface area contributed by atoms with Crippen LogP contribution in [0, 0.1) is 0 Å². The molecule has 2 N–H and O–H groups in total. The molecule has 0 amide bonds. The zero-order valence-corrected chi connectivity index (χ0v) is 4.31. The van der Waals surface area contributed by atoms with Gasteiger partial charge in [-0.15, -0.1) is 13.2 Å². The topological polar surface area (TPSA) is 52.3 Å². The van der Waals surface area contributed by atoms with Crippen LogP contribution in [-0.4, -0.2) is 5.97 Å². The van der Waals surface area contributed by atoms with Gasteiger partial charge in [-0.05, 0) is 0 Å². The van der Waals surface area contributed by atoms with Crippen LogP contribution in [-0.2, 0) is 9.63 Å². The van der Waals surface area contributed by atoms with Crippen LogP contribution < -0.4 is 5.90 Å². The van der Waals surface area contributed by atoms with Crippen LogP contribution in [0.3, 0.4) is 0 Å². The summed E-state index contributed by atoms with van der Waals surface area (Å²) in [7, 11) is 0. The van der Waals surface area contributed by atoms with Gasteiger partial charge in [0.05, 0.1) is 0 Å². The van der Waals surface area contributed by atoms with E-state index in [1.807, 2.05) is 0 Å². The average Bonchev–Trinajstić information content (AvgIpc) is 1.73. The molecule has 0 fully saturated rings. The van der Waals surface area contributed by atoms with Crippen LogP contribution in [0.2, 0.25) is 0 Å². The van der Waals surface area contributed by atoms with Gasteiger partial charge in [-0.1, -0.05) is 0 Å². The van der Waals surface area contributed by atoms with E-state index in [2.05, 4.69) is 23.9 Å². The van der Waals surface area contributed by atoms with E-state index in [9.17, 15) is 4.79 Å². The van der Waals surface area contributed by atoms with Crippen molar-refractivity contribution in [1.82, 2.24) is 0 Å². The summed E-state index contributed by atoms with van der Waals surface area (Å²) in [6, 6.07) is 0. The quantitative estimate of drug-likeness (QED) is 0.352. The molecule has 0 unspecified atom stereocenters. The number of carbonyl (C=O) groups is 1. The first-order chi connectivity index (χ1) is 3.27. The van der Waals surface area contributed by atoms with E-state index in [1.165, 1.54) is 6.92 Å². The van der Waals surface area contributed by atoms with Crippen molar-refractivity contribution in [2.24, 2.45) is 5.90 Å². The Labute approximate surface area is 42.7 Å². The van der Waals surface area contributed by atoms with Gasteiger partial charge in [-0.3, -0.25) is 4.79 Å². The molecule has 0 aliphatic heterocycles. The molecule has 0 radical (unpaired) electrons. The summed E-state index contributed by atoms with van der Waals surface area (Å²) in [5.74, 6) is 3.85. The smallest absolute Gasteiger partial charge is 0.321 e. The summed E-state index contributed by atoms with van der Waals surface area (Å²) in [4.78, 5) is 13.1. The molecule has 0 atom stereocenters. The molecule has 0 bridgehead atoms. The van der Waals surface area contributed by atoms with Gasteiger partial charge in [-0.2, -0.15) is 5.90 Å². The van der Waals surface area contributed by atoms with Crippen molar-refractivity contribution in [3.8, 4) is 0 Å². The highest BCUT2D eigenvalue weighted by Crippen LogP contribution is 1.55. The predicted octanol–water partition coefficient (Wildman–Crippen LogP) is 0.225. The van der Waals surface area contributed by atoms with Gasteiger partial charge >= 0.3 is 5.97 Å². The molecule has 0 rings (SSSR count). The Morgan fingerprint density at radius 2 is 1.86 bits per heavy atom. The Bertz CT molecular complexity index is 53.7. The van der Waals surface area contributed by atoms with E-state index in [0.717, 1.165) is 0 Å². The lowest BCUT2D eigenvalue weighted by molar-refractivity contribution is -0.141. The molecule has 0 saturated carbocycles. The minimum absolute atomic E-state index is 0.468. The van der Waals surface area contributed by atoms with Crippen LogP contribution in [0.25, 0.3) is 0 Å². The standard InChI is InChI=1S/C2H5NO2.C2H4/c1-2(4)5-3;1-2/h3H2,1H3;1-2H2. The summed E-state index contributed by atoms with van der Waals surface area (Å²) >= 11 is 0. The Morgan fingerprint density at radius 3 is 1.86 bits per heavy atom. The molecule has 0 aliphatic rings. The maximum Gasteiger partial charge on any atom is 0.321 e. The monoisotopic (exact) mass is 103 g/mol. The van der Waals surface area contributed by atoms with Crippen LogP contribution in [0.15, 0.2) is 13.2 Å². The van der Waals surface area contributed by atoms with E-state index in [1.54, 1.807) is 0 Å². The molecule has 0 spiro atoms. The molecule has 7 heavy (non-hydrogen) atoms. The molecule has 0 aromatic heterocycles. The molecule has 0 aliphatic carbocycles. The Hall–Kier alpha value is -0.830. The van der Waals surface area contributed by atoms with Crippen molar-refractivity contribution in [1.29, 1.82) is 0 Å². The van der Waals surface area contributed by atoms with Gasteiger partial charge in [0.15, 0.2) is 0 Å². The van der Waals surface area contributed by atoms with Gasteiger partial charge in [0.25, 0.3) is 0 Å². The van der Waals surface area contributed by atoms with Crippen molar-refractivity contribution < 1.29 is 9.63 Å². The van der Waals surface area contributed by atoms with E-state index in [0.29, 0.717) is 0 Å². The number of hydrogen-bond donors (Lipinski definition) is 1. The molecule has 42 valence electrons. The van der Waals surface area contributed by atoms with Crippen LogP contribution in [0.5, 0.6) is 0 Å². The third-order valence-electron chi connectivity index (χ3n) is 0.166. The van der Waals surface area contributed by atoms with Crippen molar-refractivity contribution in [3.63, 3.8) is 0 Å². The molecule has 0 aromatic rings. The highest BCUT2D eigenvalue weighted by Gasteiger charge is 1.77. The summed E-state index contributed by atoms with van der Waals surface area (Å²) in [6.07, 6.45) is 0.